The molecule has 96 valence electrons. The van der Waals surface area contributed by atoms with E-state index in [9.17, 15) is 5.11 Å². The second kappa shape index (κ2) is 9.20. The molecule has 0 aromatic heterocycles. The Labute approximate surface area is 105 Å². The van der Waals surface area contributed by atoms with Crippen molar-refractivity contribution in [2.24, 2.45) is 0 Å². The molecule has 2 nitrogen and oxygen atoms in total. The standard InChI is InChI=1S/C15H24O2/c1-2-3-4-8-12-17-13-11-15(16)14-9-6-5-7-10-14/h5-7,9-10,15-16H,2-4,8,11-13H2,1H3. The fourth-order valence-electron chi connectivity index (χ4n) is 1.77. The summed E-state index contributed by atoms with van der Waals surface area (Å²) in [5, 5.41) is 9.88. The molecule has 1 unspecified atom stereocenters. The number of benzene rings is 1. The lowest BCUT2D eigenvalue weighted by Gasteiger charge is -2.11. The number of hydrogen-bond acceptors (Lipinski definition) is 2. The molecule has 0 saturated heterocycles. The molecule has 1 N–H and O–H groups in total. The van der Waals surface area contributed by atoms with Crippen molar-refractivity contribution in [2.75, 3.05) is 13.2 Å². The number of aliphatic hydroxyl groups excluding tert-OH is 1. The zero-order chi connectivity index (χ0) is 12.3. The molecule has 1 rings (SSSR count). The Balaban J connectivity index is 2.03. The first kappa shape index (κ1) is 14.2. The predicted molar refractivity (Wildman–Crippen MR) is 71.0 cm³/mol. The molecule has 2 heteroatoms. The van der Waals surface area contributed by atoms with E-state index in [2.05, 4.69) is 6.92 Å². The predicted octanol–water partition coefficient (Wildman–Crippen LogP) is 3.71. The van der Waals surface area contributed by atoms with E-state index in [0.717, 1.165) is 18.6 Å². The molecule has 0 saturated carbocycles. The minimum atomic E-state index is -0.396. The summed E-state index contributed by atoms with van der Waals surface area (Å²) in [5.41, 5.74) is 0.974. The summed E-state index contributed by atoms with van der Waals surface area (Å²) >= 11 is 0. The first-order valence-corrected chi connectivity index (χ1v) is 6.65. The maximum absolute atomic E-state index is 9.88. The van der Waals surface area contributed by atoms with Crippen molar-refractivity contribution in [2.45, 2.75) is 45.1 Å². The third-order valence-electron chi connectivity index (χ3n) is 2.86. The third-order valence-corrected chi connectivity index (χ3v) is 2.86. The van der Waals surface area contributed by atoms with Gasteiger partial charge in [0.25, 0.3) is 0 Å². The topological polar surface area (TPSA) is 29.5 Å². The largest absolute Gasteiger partial charge is 0.388 e. The summed E-state index contributed by atoms with van der Waals surface area (Å²) in [4.78, 5) is 0. The minimum Gasteiger partial charge on any atom is -0.388 e. The Hall–Kier alpha value is -0.860. The van der Waals surface area contributed by atoms with Gasteiger partial charge in [0.05, 0.1) is 6.10 Å². The van der Waals surface area contributed by atoms with Gasteiger partial charge in [-0.1, -0.05) is 56.5 Å². The van der Waals surface area contributed by atoms with Gasteiger partial charge in [0.1, 0.15) is 0 Å². The fraction of sp³-hybridized carbons (Fsp3) is 0.600. The fourth-order valence-corrected chi connectivity index (χ4v) is 1.77. The SMILES string of the molecule is CCCCCCOCCC(O)c1ccccc1. The van der Waals surface area contributed by atoms with Gasteiger partial charge in [-0.15, -0.1) is 0 Å². The average molecular weight is 236 g/mol. The van der Waals surface area contributed by atoms with E-state index in [1.807, 2.05) is 30.3 Å². The zero-order valence-electron chi connectivity index (χ0n) is 10.8. The van der Waals surface area contributed by atoms with Crippen LogP contribution in [0.4, 0.5) is 0 Å². The van der Waals surface area contributed by atoms with Crippen LogP contribution < -0.4 is 0 Å². The lowest BCUT2D eigenvalue weighted by molar-refractivity contribution is 0.0798. The zero-order valence-corrected chi connectivity index (χ0v) is 10.8. The van der Waals surface area contributed by atoms with E-state index in [1.54, 1.807) is 0 Å². The van der Waals surface area contributed by atoms with E-state index >= 15 is 0 Å². The van der Waals surface area contributed by atoms with Gasteiger partial charge in [-0.05, 0) is 12.0 Å². The van der Waals surface area contributed by atoms with Gasteiger partial charge in [0.2, 0.25) is 0 Å². The normalized spacial score (nSPS) is 12.6. The first-order valence-electron chi connectivity index (χ1n) is 6.65. The van der Waals surface area contributed by atoms with Gasteiger partial charge >= 0.3 is 0 Å². The van der Waals surface area contributed by atoms with Gasteiger partial charge in [-0.2, -0.15) is 0 Å². The number of unbranched alkanes of at least 4 members (excludes halogenated alkanes) is 3. The summed E-state index contributed by atoms with van der Waals surface area (Å²) in [5.74, 6) is 0. The van der Waals surface area contributed by atoms with E-state index in [4.69, 9.17) is 4.74 Å². The van der Waals surface area contributed by atoms with Gasteiger partial charge in [0, 0.05) is 19.6 Å². The van der Waals surface area contributed by atoms with Gasteiger partial charge in [-0.3, -0.25) is 0 Å². The molecule has 0 heterocycles. The van der Waals surface area contributed by atoms with Gasteiger partial charge < -0.3 is 9.84 Å². The van der Waals surface area contributed by atoms with Crippen LogP contribution >= 0.6 is 0 Å². The molecule has 17 heavy (non-hydrogen) atoms. The highest BCUT2D eigenvalue weighted by Crippen LogP contribution is 2.15. The quantitative estimate of drug-likeness (QED) is 0.662. The number of hydrogen-bond donors (Lipinski definition) is 1. The maximum atomic E-state index is 9.88. The highest BCUT2D eigenvalue weighted by molar-refractivity contribution is 5.16. The molecule has 0 aliphatic carbocycles. The Kier molecular flexibility index (Phi) is 7.69. The van der Waals surface area contributed by atoms with Crippen molar-refractivity contribution in [3.05, 3.63) is 35.9 Å². The average Bonchev–Trinajstić information content (AvgIpc) is 2.38. The molecule has 1 aromatic carbocycles. The van der Waals surface area contributed by atoms with Crippen LogP contribution in [-0.4, -0.2) is 18.3 Å². The van der Waals surface area contributed by atoms with Crippen LogP contribution in [-0.2, 0) is 4.74 Å². The molecule has 0 bridgehead atoms. The van der Waals surface area contributed by atoms with Crippen molar-refractivity contribution in [1.29, 1.82) is 0 Å². The Morgan fingerprint density at radius 2 is 1.82 bits per heavy atom. The molecule has 0 radical (unpaired) electrons. The van der Waals surface area contributed by atoms with E-state index in [-0.39, 0.29) is 0 Å². The Morgan fingerprint density at radius 3 is 2.53 bits per heavy atom. The maximum Gasteiger partial charge on any atom is 0.0812 e. The molecular formula is C15H24O2. The van der Waals surface area contributed by atoms with Gasteiger partial charge in [0.15, 0.2) is 0 Å². The Bertz CT molecular complexity index is 272. The lowest BCUT2D eigenvalue weighted by atomic mass is 10.1. The summed E-state index contributed by atoms with van der Waals surface area (Å²) in [6.07, 6.45) is 5.21. The van der Waals surface area contributed by atoms with Crippen LogP contribution in [0.1, 0.15) is 50.7 Å². The smallest absolute Gasteiger partial charge is 0.0812 e. The molecule has 1 aromatic rings. The van der Waals surface area contributed by atoms with Crippen molar-refractivity contribution in [3.63, 3.8) is 0 Å². The molecule has 0 spiro atoms. The van der Waals surface area contributed by atoms with E-state index in [0.29, 0.717) is 13.0 Å². The second-order valence-electron chi connectivity index (χ2n) is 4.39. The Morgan fingerprint density at radius 1 is 1.06 bits per heavy atom. The van der Waals surface area contributed by atoms with Crippen LogP contribution in [0.3, 0.4) is 0 Å². The van der Waals surface area contributed by atoms with Crippen LogP contribution in [0.2, 0.25) is 0 Å². The molecule has 0 amide bonds. The van der Waals surface area contributed by atoms with E-state index < -0.39 is 6.10 Å². The van der Waals surface area contributed by atoms with Crippen molar-refractivity contribution < 1.29 is 9.84 Å². The van der Waals surface area contributed by atoms with Crippen LogP contribution in [0.25, 0.3) is 0 Å². The number of rotatable bonds is 9. The van der Waals surface area contributed by atoms with Crippen molar-refractivity contribution in [3.8, 4) is 0 Å². The lowest BCUT2D eigenvalue weighted by Crippen LogP contribution is -2.04. The van der Waals surface area contributed by atoms with Crippen molar-refractivity contribution >= 4 is 0 Å². The second-order valence-corrected chi connectivity index (χ2v) is 4.39. The number of ether oxygens (including phenoxy) is 1. The van der Waals surface area contributed by atoms with Crippen LogP contribution in [0, 0.1) is 0 Å². The first-order chi connectivity index (χ1) is 8.34. The number of aliphatic hydroxyl groups is 1. The molecule has 1 atom stereocenters. The highest BCUT2D eigenvalue weighted by Gasteiger charge is 2.05. The third kappa shape index (κ3) is 6.44. The summed E-state index contributed by atoms with van der Waals surface area (Å²) in [6, 6.07) is 9.76. The summed E-state index contributed by atoms with van der Waals surface area (Å²) in [7, 11) is 0. The van der Waals surface area contributed by atoms with Crippen LogP contribution in [0.5, 0.6) is 0 Å². The summed E-state index contributed by atoms with van der Waals surface area (Å²) < 4.78 is 5.51. The highest BCUT2D eigenvalue weighted by atomic mass is 16.5. The van der Waals surface area contributed by atoms with E-state index in [1.165, 1.54) is 19.3 Å². The molecule has 0 aliphatic rings. The van der Waals surface area contributed by atoms with Crippen molar-refractivity contribution in [1.82, 2.24) is 0 Å². The van der Waals surface area contributed by atoms with Gasteiger partial charge in [-0.25, -0.2) is 0 Å². The molecular weight excluding hydrogens is 212 g/mol. The molecule has 0 fully saturated rings. The minimum absolute atomic E-state index is 0.396. The summed E-state index contributed by atoms with van der Waals surface area (Å²) in [6.45, 7) is 3.67. The monoisotopic (exact) mass is 236 g/mol. The molecule has 0 aliphatic heterocycles. The van der Waals surface area contributed by atoms with Crippen LogP contribution in [0.15, 0.2) is 30.3 Å².